The summed E-state index contributed by atoms with van der Waals surface area (Å²) in [5, 5.41) is 7.11. The molecule has 4 nitrogen and oxygen atoms in total. The van der Waals surface area contributed by atoms with Gasteiger partial charge >= 0.3 is 6.18 Å². The molecule has 0 saturated heterocycles. The summed E-state index contributed by atoms with van der Waals surface area (Å²) in [5.74, 6) is -0.167. The monoisotopic (exact) mass is 387 g/mol. The number of aryl methyl sites for hydroxylation is 1. The van der Waals surface area contributed by atoms with Crippen molar-refractivity contribution in [3.63, 3.8) is 0 Å². The Kier molecular flexibility index (Phi) is 5.82. The number of nitrogens with one attached hydrogen (secondary N) is 1. The molecule has 1 N–H and O–H groups in total. The number of carbonyl (C=O) groups is 1. The second kappa shape index (κ2) is 8.29. The third-order valence-corrected chi connectivity index (χ3v) is 4.41. The van der Waals surface area contributed by atoms with Crippen LogP contribution in [0.1, 0.15) is 36.1 Å². The summed E-state index contributed by atoms with van der Waals surface area (Å²) < 4.78 is 39.6. The number of alkyl halides is 3. The Bertz CT molecular complexity index is 918. The fourth-order valence-electron chi connectivity index (χ4n) is 2.83. The highest BCUT2D eigenvalue weighted by atomic mass is 19.4. The maximum absolute atomic E-state index is 12.6. The molecule has 1 aromatic heterocycles. The zero-order chi connectivity index (χ0) is 20.1. The molecule has 2 aromatic carbocycles. The van der Waals surface area contributed by atoms with Crippen LogP contribution in [0.15, 0.2) is 67.0 Å². The third-order valence-electron chi connectivity index (χ3n) is 4.41. The van der Waals surface area contributed by atoms with Gasteiger partial charge in [0.25, 0.3) is 0 Å². The summed E-state index contributed by atoms with van der Waals surface area (Å²) in [6.45, 7) is 1.74. The van der Waals surface area contributed by atoms with Crippen LogP contribution in [0.2, 0.25) is 0 Å². The van der Waals surface area contributed by atoms with E-state index in [0.29, 0.717) is 12.0 Å². The minimum Gasteiger partial charge on any atom is -0.350 e. The number of hydrogen-bond donors (Lipinski definition) is 1. The lowest BCUT2D eigenvalue weighted by Crippen LogP contribution is -2.26. The van der Waals surface area contributed by atoms with E-state index in [-0.39, 0.29) is 18.4 Å². The maximum atomic E-state index is 12.6. The largest absolute Gasteiger partial charge is 0.416 e. The molecule has 28 heavy (non-hydrogen) atoms. The Balaban J connectivity index is 1.52. The first-order valence-corrected chi connectivity index (χ1v) is 8.88. The first-order valence-electron chi connectivity index (χ1n) is 8.88. The number of amides is 1. The number of para-hydroxylation sites is 1. The minimum atomic E-state index is -4.37. The summed E-state index contributed by atoms with van der Waals surface area (Å²) in [6, 6.07) is 14.1. The number of halogens is 3. The number of carbonyl (C=O) groups excluding carboxylic acids is 1. The molecule has 1 amide bonds. The van der Waals surface area contributed by atoms with Crippen molar-refractivity contribution in [2.45, 2.75) is 32.0 Å². The number of rotatable bonds is 6. The molecular weight excluding hydrogens is 367 g/mol. The van der Waals surface area contributed by atoms with Gasteiger partial charge in [0, 0.05) is 12.6 Å². The average molecular weight is 387 g/mol. The second-order valence-corrected chi connectivity index (χ2v) is 6.54. The molecule has 3 rings (SSSR count). The smallest absolute Gasteiger partial charge is 0.350 e. The van der Waals surface area contributed by atoms with E-state index in [2.05, 4.69) is 10.4 Å². The number of benzene rings is 2. The Morgan fingerprint density at radius 3 is 2.43 bits per heavy atom. The molecule has 1 unspecified atom stereocenters. The fraction of sp³-hybridized carbons (Fsp3) is 0.238. The van der Waals surface area contributed by atoms with Crippen molar-refractivity contribution in [1.29, 1.82) is 0 Å². The van der Waals surface area contributed by atoms with Gasteiger partial charge < -0.3 is 5.32 Å². The van der Waals surface area contributed by atoms with Crippen LogP contribution >= 0.6 is 0 Å². The topological polar surface area (TPSA) is 46.9 Å². The summed E-state index contributed by atoms with van der Waals surface area (Å²) in [6.07, 6.45) is 0.0283. The van der Waals surface area contributed by atoms with Crippen LogP contribution in [0.4, 0.5) is 13.2 Å². The number of nitrogens with zero attached hydrogens (tertiary/aromatic N) is 2. The molecule has 3 aromatic rings. The molecule has 0 aliphatic carbocycles. The van der Waals surface area contributed by atoms with Crippen LogP contribution in [-0.4, -0.2) is 15.7 Å². The van der Waals surface area contributed by atoms with Gasteiger partial charge in [-0.25, -0.2) is 4.68 Å². The Morgan fingerprint density at radius 2 is 1.79 bits per heavy atom. The highest BCUT2D eigenvalue weighted by Crippen LogP contribution is 2.29. The van der Waals surface area contributed by atoms with Gasteiger partial charge in [-0.2, -0.15) is 18.3 Å². The van der Waals surface area contributed by atoms with E-state index in [0.717, 1.165) is 23.4 Å². The molecular formula is C21H20F3N3O. The van der Waals surface area contributed by atoms with Gasteiger partial charge in [0.2, 0.25) is 5.91 Å². The van der Waals surface area contributed by atoms with Gasteiger partial charge in [-0.05, 0) is 48.7 Å². The van der Waals surface area contributed by atoms with Crippen molar-refractivity contribution in [3.8, 4) is 5.69 Å². The van der Waals surface area contributed by atoms with Crippen molar-refractivity contribution < 1.29 is 18.0 Å². The van der Waals surface area contributed by atoms with Gasteiger partial charge in [0.1, 0.15) is 0 Å². The predicted molar refractivity (Wildman–Crippen MR) is 99.9 cm³/mol. The van der Waals surface area contributed by atoms with Crippen molar-refractivity contribution >= 4 is 5.91 Å². The summed E-state index contributed by atoms with van der Waals surface area (Å²) in [7, 11) is 0. The molecule has 7 heteroatoms. The van der Waals surface area contributed by atoms with Crippen molar-refractivity contribution in [1.82, 2.24) is 15.1 Å². The molecule has 0 aliphatic rings. The van der Waals surface area contributed by atoms with Gasteiger partial charge in [-0.3, -0.25) is 4.79 Å². The number of aromatic nitrogens is 2. The Labute approximate surface area is 161 Å². The van der Waals surface area contributed by atoms with Gasteiger partial charge in [0.15, 0.2) is 0 Å². The molecule has 0 fully saturated rings. The first-order chi connectivity index (χ1) is 13.3. The van der Waals surface area contributed by atoms with Crippen LogP contribution in [0.3, 0.4) is 0 Å². The van der Waals surface area contributed by atoms with Crippen LogP contribution < -0.4 is 5.32 Å². The normalized spacial score (nSPS) is 12.6. The van der Waals surface area contributed by atoms with Gasteiger partial charge in [-0.1, -0.05) is 30.3 Å². The Hall–Kier alpha value is -3.09. The standard InChI is InChI=1S/C21H20F3N3O/c1-15(17-8-10-18(11-9-17)21(22,23)24)26-20(28)12-7-16-13-25-27(14-16)19-5-3-2-4-6-19/h2-6,8-11,13-15H,7,12H2,1H3,(H,26,28). The quantitative estimate of drug-likeness (QED) is 0.666. The molecule has 0 radical (unpaired) electrons. The molecule has 146 valence electrons. The molecule has 0 aliphatic heterocycles. The van der Waals surface area contributed by atoms with Gasteiger partial charge in [-0.15, -0.1) is 0 Å². The lowest BCUT2D eigenvalue weighted by atomic mass is 10.1. The maximum Gasteiger partial charge on any atom is 0.416 e. The lowest BCUT2D eigenvalue weighted by molar-refractivity contribution is -0.137. The van der Waals surface area contributed by atoms with E-state index in [1.54, 1.807) is 17.8 Å². The van der Waals surface area contributed by atoms with E-state index in [1.807, 2.05) is 36.5 Å². The lowest BCUT2D eigenvalue weighted by Gasteiger charge is -2.15. The van der Waals surface area contributed by atoms with Crippen molar-refractivity contribution in [2.24, 2.45) is 0 Å². The first kappa shape index (κ1) is 19.7. The van der Waals surface area contributed by atoms with Crippen LogP contribution in [0, 0.1) is 0 Å². The van der Waals surface area contributed by atoms with E-state index in [4.69, 9.17) is 0 Å². The van der Waals surface area contributed by atoms with E-state index in [9.17, 15) is 18.0 Å². The zero-order valence-electron chi connectivity index (χ0n) is 15.3. The van der Waals surface area contributed by atoms with E-state index in [1.165, 1.54) is 12.1 Å². The van der Waals surface area contributed by atoms with Crippen LogP contribution in [0.25, 0.3) is 5.69 Å². The third kappa shape index (κ3) is 5.00. The highest BCUT2D eigenvalue weighted by Gasteiger charge is 2.30. The fourth-order valence-corrected chi connectivity index (χ4v) is 2.83. The average Bonchev–Trinajstić information content (AvgIpc) is 3.15. The van der Waals surface area contributed by atoms with Crippen LogP contribution in [0.5, 0.6) is 0 Å². The Morgan fingerprint density at radius 1 is 1.11 bits per heavy atom. The molecule has 1 heterocycles. The van der Waals surface area contributed by atoms with Crippen molar-refractivity contribution in [3.05, 3.63) is 83.7 Å². The molecule has 0 spiro atoms. The molecule has 0 saturated carbocycles. The predicted octanol–water partition coefficient (Wildman–Crippen LogP) is 4.70. The number of hydrogen-bond acceptors (Lipinski definition) is 2. The molecule has 0 bridgehead atoms. The van der Waals surface area contributed by atoms with Gasteiger partial charge in [0.05, 0.1) is 23.5 Å². The summed E-state index contributed by atoms with van der Waals surface area (Å²) >= 11 is 0. The highest BCUT2D eigenvalue weighted by molar-refractivity contribution is 5.76. The van der Waals surface area contributed by atoms with E-state index >= 15 is 0 Å². The second-order valence-electron chi connectivity index (χ2n) is 6.54. The summed E-state index contributed by atoms with van der Waals surface area (Å²) in [4.78, 5) is 12.2. The zero-order valence-corrected chi connectivity index (χ0v) is 15.3. The minimum absolute atomic E-state index is 0.167. The van der Waals surface area contributed by atoms with Crippen LogP contribution in [-0.2, 0) is 17.4 Å². The summed E-state index contributed by atoms with van der Waals surface area (Å²) in [5.41, 5.74) is 1.79. The van der Waals surface area contributed by atoms with E-state index < -0.39 is 11.7 Å². The van der Waals surface area contributed by atoms with Crippen molar-refractivity contribution in [2.75, 3.05) is 0 Å². The SMILES string of the molecule is CC(NC(=O)CCc1cnn(-c2ccccc2)c1)c1ccc(C(F)(F)F)cc1. The molecule has 1 atom stereocenters.